The minimum atomic E-state index is -0.0742. The van der Waals surface area contributed by atoms with Gasteiger partial charge in [0.05, 0.1) is 0 Å². The first-order valence-corrected chi connectivity index (χ1v) is 3.08. The van der Waals surface area contributed by atoms with Crippen LogP contribution in [-0.4, -0.2) is 19.0 Å². The molecule has 0 spiro atoms. The Bertz CT molecular complexity index is 150. The van der Waals surface area contributed by atoms with Gasteiger partial charge in [-0.15, -0.1) is 0 Å². The molecule has 0 aliphatic rings. The highest BCUT2D eigenvalue weighted by Crippen LogP contribution is 1.80. The van der Waals surface area contributed by atoms with Gasteiger partial charge in [0.2, 0.25) is 5.91 Å². The molecule has 0 aromatic carbocycles. The van der Waals surface area contributed by atoms with E-state index in [0.717, 1.165) is 0 Å². The van der Waals surface area contributed by atoms with E-state index in [4.69, 9.17) is 5.53 Å². The highest BCUT2D eigenvalue weighted by molar-refractivity contribution is 5.75. The molecular formula is C5H10N4O. The zero-order valence-corrected chi connectivity index (χ0v) is 5.87. The molecule has 5 heteroatoms. The average Bonchev–Trinajstić information content (AvgIpc) is 1.89. The molecule has 0 bridgehead atoms. The van der Waals surface area contributed by atoms with Gasteiger partial charge in [0.25, 0.3) is 0 Å². The van der Waals surface area contributed by atoms with Crippen LogP contribution in [0.5, 0.6) is 0 Å². The highest BCUT2D eigenvalue weighted by Gasteiger charge is 1.94. The number of hydrogen-bond acceptors (Lipinski definition) is 2. The zero-order valence-electron chi connectivity index (χ0n) is 5.87. The third-order valence-electron chi connectivity index (χ3n) is 0.876. The van der Waals surface area contributed by atoms with Crippen molar-refractivity contribution in [3.63, 3.8) is 0 Å². The minimum Gasteiger partial charge on any atom is -0.356 e. The summed E-state index contributed by atoms with van der Waals surface area (Å²) < 4.78 is 0. The quantitative estimate of drug-likeness (QED) is 0.352. The van der Waals surface area contributed by atoms with E-state index in [2.05, 4.69) is 15.3 Å². The molecule has 56 valence electrons. The van der Waals surface area contributed by atoms with Crippen molar-refractivity contribution >= 4 is 5.91 Å². The van der Waals surface area contributed by atoms with Gasteiger partial charge >= 0.3 is 0 Å². The fraction of sp³-hybridized carbons (Fsp3) is 0.800. The normalized spacial score (nSPS) is 8.10. The van der Waals surface area contributed by atoms with Crippen molar-refractivity contribution in [2.45, 2.75) is 13.3 Å². The van der Waals surface area contributed by atoms with Crippen molar-refractivity contribution in [2.75, 3.05) is 13.1 Å². The molecule has 5 nitrogen and oxygen atoms in total. The van der Waals surface area contributed by atoms with Crippen LogP contribution in [0.25, 0.3) is 10.4 Å². The number of carbonyl (C=O) groups is 1. The fourth-order valence-electron chi connectivity index (χ4n) is 0.482. The van der Waals surface area contributed by atoms with Gasteiger partial charge in [-0.2, -0.15) is 0 Å². The molecule has 0 aromatic heterocycles. The van der Waals surface area contributed by atoms with E-state index in [-0.39, 0.29) is 18.9 Å². The molecule has 0 aromatic rings. The second kappa shape index (κ2) is 5.91. The molecular weight excluding hydrogens is 132 g/mol. The van der Waals surface area contributed by atoms with Gasteiger partial charge in [0.1, 0.15) is 0 Å². The number of nitrogens with zero attached hydrogens (tertiary/aromatic N) is 3. The summed E-state index contributed by atoms with van der Waals surface area (Å²) in [4.78, 5) is 13.1. The molecule has 0 radical (unpaired) electrons. The maximum absolute atomic E-state index is 10.6. The molecule has 0 atom stereocenters. The van der Waals surface area contributed by atoms with Crippen LogP contribution in [0, 0.1) is 0 Å². The predicted octanol–water partition coefficient (Wildman–Crippen LogP) is 0.823. The van der Waals surface area contributed by atoms with Gasteiger partial charge in [0.15, 0.2) is 0 Å². The first kappa shape index (κ1) is 8.78. The van der Waals surface area contributed by atoms with E-state index < -0.39 is 0 Å². The van der Waals surface area contributed by atoms with Crippen molar-refractivity contribution in [3.8, 4) is 0 Å². The van der Waals surface area contributed by atoms with Gasteiger partial charge in [-0.3, -0.25) is 4.79 Å². The van der Waals surface area contributed by atoms with Gasteiger partial charge < -0.3 is 5.32 Å². The standard InChI is InChI=1S/C5H10N4O/c1-2-7-5(10)3-4-8-9-6/h2-4H2,1H3,(H,7,10). The molecule has 0 rings (SSSR count). The number of amides is 1. The van der Waals surface area contributed by atoms with Gasteiger partial charge in [-0.1, -0.05) is 5.11 Å². The lowest BCUT2D eigenvalue weighted by molar-refractivity contribution is -0.120. The van der Waals surface area contributed by atoms with Crippen molar-refractivity contribution < 1.29 is 4.79 Å². The third kappa shape index (κ3) is 4.93. The van der Waals surface area contributed by atoms with E-state index in [1.807, 2.05) is 6.92 Å². The van der Waals surface area contributed by atoms with Crippen molar-refractivity contribution in [1.82, 2.24) is 5.32 Å². The Labute approximate surface area is 59.0 Å². The van der Waals surface area contributed by atoms with Crippen molar-refractivity contribution in [1.29, 1.82) is 0 Å². The van der Waals surface area contributed by atoms with Crippen LogP contribution in [0.15, 0.2) is 5.11 Å². The van der Waals surface area contributed by atoms with Crippen LogP contribution < -0.4 is 5.32 Å². The van der Waals surface area contributed by atoms with E-state index in [1.54, 1.807) is 0 Å². The maximum Gasteiger partial charge on any atom is 0.220 e. The topological polar surface area (TPSA) is 77.9 Å². The van der Waals surface area contributed by atoms with Crippen molar-refractivity contribution in [2.24, 2.45) is 5.11 Å². The minimum absolute atomic E-state index is 0.0742. The van der Waals surface area contributed by atoms with Crippen LogP contribution in [0.1, 0.15) is 13.3 Å². The van der Waals surface area contributed by atoms with Gasteiger partial charge in [-0.25, -0.2) is 0 Å². The zero-order chi connectivity index (χ0) is 7.82. The molecule has 0 fully saturated rings. The van der Waals surface area contributed by atoms with Gasteiger partial charge in [0, 0.05) is 24.4 Å². The van der Waals surface area contributed by atoms with Crippen LogP contribution in [0.3, 0.4) is 0 Å². The van der Waals surface area contributed by atoms with E-state index in [0.29, 0.717) is 6.54 Å². The second-order valence-corrected chi connectivity index (χ2v) is 1.66. The Kier molecular flexibility index (Phi) is 5.19. The monoisotopic (exact) mass is 142 g/mol. The molecule has 10 heavy (non-hydrogen) atoms. The van der Waals surface area contributed by atoms with E-state index in [1.165, 1.54) is 0 Å². The number of azide groups is 1. The lowest BCUT2D eigenvalue weighted by Crippen LogP contribution is -2.22. The van der Waals surface area contributed by atoms with Gasteiger partial charge in [-0.05, 0) is 12.5 Å². The first-order chi connectivity index (χ1) is 4.81. The lowest BCUT2D eigenvalue weighted by Gasteiger charge is -1.96. The van der Waals surface area contributed by atoms with Crippen LogP contribution in [0.4, 0.5) is 0 Å². The van der Waals surface area contributed by atoms with E-state index >= 15 is 0 Å². The predicted molar refractivity (Wildman–Crippen MR) is 37.3 cm³/mol. The Morgan fingerprint density at radius 2 is 2.50 bits per heavy atom. The smallest absolute Gasteiger partial charge is 0.220 e. The highest BCUT2D eigenvalue weighted by atomic mass is 16.1. The maximum atomic E-state index is 10.6. The van der Waals surface area contributed by atoms with Crippen molar-refractivity contribution in [3.05, 3.63) is 10.4 Å². The van der Waals surface area contributed by atoms with E-state index in [9.17, 15) is 4.79 Å². The number of nitrogens with one attached hydrogen (secondary N) is 1. The molecule has 0 aliphatic heterocycles. The largest absolute Gasteiger partial charge is 0.356 e. The molecule has 0 saturated carbocycles. The van der Waals surface area contributed by atoms with Crippen LogP contribution in [0.2, 0.25) is 0 Å². The van der Waals surface area contributed by atoms with Crippen LogP contribution in [-0.2, 0) is 4.79 Å². The Balaban J connectivity index is 3.30. The Morgan fingerprint density at radius 3 is 3.00 bits per heavy atom. The number of carbonyl (C=O) groups excluding carboxylic acids is 1. The summed E-state index contributed by atoms with van der Waals surface area (Å²) in [6, 6.07) is 0. The number of hydrogen-bond donors (Lipinski definition) is 1. The molecule has 0 heterocycles. The summed E-state index contributed by atoms with van der Waals surface area (Å²) >= 11 is 0. The summed E-state index contributed by atoms with van der Waals surface area (Å²) in [5, 5.41) is 5.80. The Hall–Kier alpha value is -1.22. The average molecular weight is 142 g/mol. The Morgan fingerprint density at radius 1 is 1.80 bits per heavy atom. The number of rotatable bonds is 4. The summed E-state index contributed by atoms with van der Waals surface area (Å²) in [5.41, 5.74) is 7.84. The molecule has 0 unspecified atom stereocenters. The second-order valence-electron chi connectivity index (χ2n) is 1.66. The summed E-state index contributed by atoms with van der Waals surface area (Å²) in [6.07, 6.45) is 0.276. The summed E-state index contributed by atoms with van der Waals surface area (Å²) in [5.74, 6) is -0.0742. The molecule has 0 aliphatic carbocycles. The van der Waals surface area contributed by atoms with Crippen LogP contribution >= 0.6 is 0 Å². The fourth-order valence-corrected chi connectivity index (χ4v) is 0.482. The third-order valence-corrected chi connectivity index (χ3v) is 0.876. The lowest BCUT2D eigenvalue weighted by atomic mass is 10.4. The SMILES string of the molecule is CCNC(=O)CCN=[N+]=[N-]. The summed E-state index contributed by atoms with van der Waals surface area (Å²) in [7, 11) is 0. The summed E-state index contributed by atoms with van der Waals surface area (Å²) in [6.45, 7) is 2.70. The molecule has 1 N–H and O–H groups in total. The molecule has 0 saturated heterocycles. The first-order valence-electron chi connectivity index (χ1n) is 3.08. The molecule has 1 amide bonds.